The fourth-order valence-corrected chi connectivity index (χ4v) is 5.77. The van der Waals surface area contributed by atoms with Crippen molar-refractivity contribution < 1.29 is 4.74 Å². The summed E-state index contributed by atoms with van der Waals surface area (Å²) >= 11 is 0. The second-order valence-electron chi connectivity index (χ2n) is 9.61. The Bertz CT molecular complexity index is 539. The van der Waals surface area contributed by atoms with Gasteiger partial charge in [-0.2, -0.15) is 0 Å². The summed E-state index contributed by atoms with van der Waals surface area (Å²) in [5.41, 5.74) is 1.64. The number of rotatable bonds is 5. The first-order valence-corrected chi connectivity index (χ1v) is 11.6. The van der Waals surface area contributed by atoms with E-state index in [9.17, 15) is 0 Å². The minimum atomic E-state index is 0.174. The van der Waals surface area contributed by atoms with Crippen LogP contribution in [-0.4, -0.2) is 57.4 Å². The number of ether oxygens (including phenoxy) is 1. The molecule has 0 spiro atoms. The Morgan fingerprint density at radius 2 is 2.07 bits per heavy atom. The van der Waals surface area contributed by atoms with Gasteiger partial charge in [0.2, 0.25) is 0 Å². The molecule has 7 atom stereocenters. The van der Waals surface area contributed by atoms with Crippen molar-refractivity contribution in [3.63, 3.8) is 0 Å². The maximum absolute atomic E-state index is 6.25. The zero-order valence-corrected chi connectivity index (χ0v) is 18.0. The molecule has 6 nitrogen and oxygen atoms in total. The maximum atomic E-state index is 6.25. The molecule has 1 saturated carbocycles. The number of hydrogen-bond donors (Lipinski definition) is 5. The highest BCUT2D eigenvalue weighted by Gasteiger charge is 2.43. The summed E-state index contributed by atoms with van der Waals surface area (Å²) in [5.74, 6) is 1.93. The molecule has 7 unspecified atom stereocenters. The highest BCUT2D eigenvalue weighted by atomic mass is 16.5. The van der Waals surface area contributed by atoms with Crippen LogP contribution in [-0.2, 0) is 4.74 Å². The molecule has 3 heterocycles. The Kier molecular flexibility index (Phi) is 7.07. The van der Waals surface area contributed by atoms with Crippen LogP contribution in [0, 0.1) is 17.8 Å². The molecule has 4 aliphatic rings. The van der Waals surface area contributed by atoms with Crippen LogP contribution in [0.5, 0.6) is 0 Å². The summed E-state index contributed by atoms with van der Waals surface area (Å²) in [4.78, 5) is 0. The van der Waals surface area contributed by atoms with Gasteiger partial charge in [-0.15, -0.1) is 0 Å². The van der Waals surface area contributed by atoms with Gasteiger partial charge < -0.3 is 15.4 Å². The predicted molar refractivity (Wildman–Crippen MR) is 114 cm³/mol. The van der Waals surface area contributed by atoms with Gasteiger partial charge in [-0.25, -0.2) is 0 Å². The SMILES string of the molecule is CNC1CC(C(C)C)NC(NC2CC3CCOC3C(C3=CCNCCC3)C2)N1. The van der Waals surface area contributed by atoms with E-state index in [4.69, 9.17) is 4.74 Å². The molecule has 0 aromatic heterocycles. The van der Waals surface area contributed by atoms with Crippen molar-refractivity contribution in [3.05, 3.63) is 11.6 Å². The fraction of sp³-hybridized carbons (Fsp3) is 0.909. The first-order chi connectivity index (χ1) is 13.6. The van der Waals surface area contributed by atoms with E-state index in [2.05, 4.69) is 53.6 Å². The largest absolute Gasteiger partial charge is 0.377 e. The quantitative estimate of drug-likeness (QED) is 0.458. The van der Waals surface area contributed by atoms with E-state index in [1.165, 1.54) is 32.1 Å². The van der Waals surface area contributed by atoms with Crippen LogP contribution in [0.15, 0.2) is 11.6 Å². The van der Waals surface area contributed by atoms with Crippen molar-refractivity contribution >= 4 is 0 Å². The van der Waals surface area contributed by atoms with Crippen LogP contribution >= 0.6 is 0 Å². The normalized spacial score (nSPS) is 42.1. The van der Waals surface area contributed by atoms with Crippen molar-refractivity contribution in [1.82, 2.24) is 26.6 Å². The van der Waals surface area contributed by atoms with E-state index < -0.39 is 0 Å². The monoisotopic (exact) mass is 391 g/mol. The summed E-state index contributed by atoms with van der Waals surface area (Å²) in [6.07, 6.45) is 10.7. The molecule has 3 fully saturated rings. The Balaban J connectivity index is 1.43. The van der Waals surface area contributed by atoms with E-state index in [-0.39, 0.29) is 6.29 Å². The molecule has 0 aromatic rings. The molecule has 5 N–H and O–H groups in total. The second kappa shape index (κ2) is 9.54. The van der Waals surface area contributed by atoms with Crippen LogP contribution in [0.2, 0.25) is 0 Å². The van der Waals surface area contributed by atoms with Crippen LogP contribution in [0.1, 0.15) is 52.4 Å². The lowest BCUT2D eigenvalue weighted by Crippen LogP contribution is -2.69. The van der Waals surface area contributed by atoms with Gasteiger partial charge in [0, 0.05) is 31.2 Å². The highest BCUT2D eigenvalue weighted by Crippen LogP contribution is 2.42. The molecule has 160 valence electrons. The lowest BCUT2D eigenvalue weighted by Gasteiger charge is -2.44. The van der Waals surface area contributed by atoms with Gasteiger partial charge in [0.25, 0.3) is 0 Å². The standard InChI is InChI=1S/C22H41N5O/c1-14(2)19-13-20(23-3)27-22(26-19)25-17-11-16-7-10-28-21(16)18(12-17)15-5-4-8-24-9-6-15/h6,14,16-27H,4-5,7-13H2,1-3H3. The van der Waals surface area contributed by atoms with Crippen molar-refractivity contribution in [2.45, 2.75) is 83.0 Å². The lowest BCUT2D eigenvalue weighted by atomic mass is 9.72. The molecule has 6 heteroatoms. The van der Waals surface area contributed by atoms with Crippen molar-refractivity contribution in [1.29, 1.82) is 0 Å². The first kappa shape index (κ1) is 20.8. The van der Waals surface area contributed by atoms with E-state index in [1.807, 2.05) is 0 Å². The number of fused-ring (bicyclic) bond motifs is 1. The zero-order chi connectivity index (χ0) is 19.5. The summed E-state index contributed by atoms with van der Waals surface area (Å²) in [7, 11) is 2.06. The van der Waals surface area contributed by atoms with Crippen molar-refractivity contribution in [3.8, 4) is 0 Å². The van der Waals surface area contributed by atoms with Gasteiger partial charge >= 0.3 is 0 Å². The third-order valence-corrected chi connectivity index (χ3v) is 7.38. The topological polar surface area (TPSA) is 69.4 Å². The Morgan fingerprint density at radius 1 is 1.18 bits per heavy atom. The first-order valence-electron chi connectivity index (χ1n) is 11.6. The molecule has 0 amide bonds. The summed E-state index contributed by atoms with van der Waals surface area (Å²) in [6, 6.07) is 1.08. The molecule has 0 radical (unpaired) electrons. The molecular formula is C22H41N5O. The summed E-state index contributed by atoms with van der Waals surface area (Å²) < 4.78 is 6.25. The van der Waals surface area contributed by atoms with Gasteiger partial charge in [0.1, 0.15) is 6.29 Å². The Hall–Kier alpha value is -0.500. The molecular weight excluding hydrogens is 350 g/mol. The molecule has 0 aromatic carbocycles. The summed E-state index contributed by atoms with van der Waals surface area (Å²) in [6.45, 7) is 7.74. The van der Waals surface area contributed by atoms with Crippen LogP contribution in [0.3, 0.4) is 0 Å². The highest BCUT2D eigenvalue weighted by molar-refractivity contribution is 5.15. The minimum Gasteiger partial charge on any atom is -0.377 e. The van der Waals surface area contributed by atoms with Crippen LogP contribution in [0.4, 0.5) is 0 Å². The molecule has 2 saturated heterocycles. The van der Waals surface area contributed by atoms with Crippen molar-refractivity contribution in [2.24, 2.45) is 17.8 Å². The second-order valence-corrected chi connectivity index (χ2v) is 9.61. The van der Waals surface area contributed by atoms with Gasteiger partial charge in [-0.1, -0.05) is 25.5 Å². The number of nitrogens with one attached hydrogen (secondary N) is 5. The van der Waals surface area contributed by atoms with Gasteiger partial charge in [-0.3, -0.25) is 16.0 Å². The van der Waals surface area contributed by atoms with E-state index in [1.54, 1.807) is 5.57 Å². The Morgan fingerprint density at radius 3 is 2.89 bits per heavy atom. The molecule has 4 rings (SSSR count). The van der Waals surface area contributed by atoms with E-state index >= 15 is 0 Å². The smallest absolute Gasteiger partial charge is 0.113 e. The van der Waals surface area contributed by atoms with Crippen LogP contribution in [0.25, 0.3) is 0 Å². The molecule has 28 heavy (non-hydrogen) atoms. The van der Waals surface area contributed by atoms with E-state index in [0.717, 1.165) is 26.1 Å². The maximum Gasteiger partial charge on any atom is 0.113 e. The zero-order valence-electron chi connectivity index (χ0n) is 18.0. The molecule has 1 aliphatic carbocycles. The van der Waals surface area contributed by atoms with Gasteiger partial charge in [0.05, 0.1) is 12.3 Å². The lowest BCUT2D eigenvalue weighted by molar-refractivity contribution is 0.0170. The van der Waals surface area contributed by atoms with Gasteiger partial charge in [0.15, 0.2) is 0 Å². The van der Waals surface area contributed by atoms with Crippen molar-refractivity contribution in [2.75, 3.05) is 26.7 Å². The van der Waals surface area contributed by atoms with Crippen LogP contribution < -0.4 is 26.6 Å². The molecule has 0 bridgehead atoms. The van der Waals surface area contributed by atoms with Gasteiger partial charge in [-0.05, 0) is 64.0 Å². The minimum absolute atomic E-state index is 0.174. The van der Waals surface area contributed by atoms with E-state index in [0.29, 0.717) is 42.1 Å². The molecule has 3 aliphatic heterocycles. The third kappa shape index (κ3) is 4.79. The summed E-state index contributed by atoms with van der Waals surface area (Å²) in [5, 5.41) is 18.4. The third-order valence-electron chi connectivity index (χ3n) is 7.38. The number of hydrogen-bond acceptors (Lipinski definition) is 6. The average Bonchev–Trinajstić information content (AvgIpc) is 3.00. The fourth-order valence-electron chi connectivity index (χ4n) is 5.77. The predicted octanol–water partition coefficient (Wildman–Crippen LogP) is 1.51. The average molecular weight is 392 g/mol. The Labute approximate surface area is 171 Å².